The zero-order valence-corrected chi connectivity index (χ0v) is 12.9. The van der Waals surface area contributed by atoms with Crippen molar-refractivity contribution in [2.24, 2.45) is 0 Å². The summed E-state index contributed by atoms with van der Waals surface area (Å²) in [5, 5.41) is 3.44. The van der Waals surface area contributed by atoms with E-state index in [1.54, 1.807) is 13.2 Å². The maximum atomic E-state index is 5.10. The zero-order chi connectivity index (χ0) is 15.2. The lowest BCUT2D eigenvalue weighted by molar-refractivity contribution is 0.397. The summed E-state index contributed by atoms with van der Waals surface area (Å²) in [7, 11) is 1.57. The van der Waals surface area contributed by atoms with E-state index in [4.69, 9.17) is 4.74 Å². The largest absolute Gasteiger partial charge is 0.481 e. The Morgan fingerprint density at radius 2 is 2.10 bits per heavy atom. The fourth-order valence-electron chi connectivity index (χ4n) is 2.07. The van der Waals surface area contributed by atoms with Crippen LogP contribution in [0.2, 0.25) is 0 Å². The second kappa shape index (κ2) is 7.08. The van der Waals surface area contributed by atoms with E-state index >= 15 is 0 Å². The van der Waals surface area contributed by atoms with Crippen molar-refractivity contribution in [3.8, 4) is 17.4 Å². The van der Waals surface area contributed by atoms with Crippen molar-refractivity contribution in [2.75, 3.05) is 13.7 Å². The summed E-state index contributed by atoms with van der Waals surface area (Å²) in [6.07, 6.45) is 4.41. The van der Waals surface area contributed by atoms with Gasteiger partial charge >= 0.3 is 0 Å². The Labute approximate surface area is 125 Å². The molecule has 6 heteroatoms. The van der Waals surface area contributed by atoms with Crippen molar-refractivity contribution >= 4 is 0 Å². The molecule has 1 unspecified atom stereocenters. The van der Waals surface area contributed by atoms with Crippen LogP contribution in [-0.4, -0.2) is 33.6 Å². The molecular weight excluding hydrogens is 266 g/mol. The molecule has 6 nitrogen and oxygen atoms in total. The molecule has 2 rings (SSSR count). The topological polar surface area (TPSA) is 72.8 Å². The number of hydrogen-bond acceptors (Lipinski definition) is 6. The van der Waals surface area contributed by atoms with Crippen LogP contribution in [-0.2, 0) is 0 Å². The molecule has 0 radical (unpaired) electrons. The second-order valence-corrected chi connectivity index (χ2v) is 4.86. The minimum Gasteiger partial charge on any atom is -0.481 e. The molecular formula is C15H21N5O. The first-order valence-electron chi connectivity index (χ1n) is 7.09. The highest BCUT2D eigenvalue weighted by Crippen LogP contribution is 2.20. The van der Waals surface area contributed by atoms with Gasteiger partial charge in [0.2, 0.25) is 5.88 Å². The van der Waals surface area contributed by atoms with Crippen molar-refractivity contribution < 1.29 is 4.74 Å². The van der Waals surface area contributed by atoms with Crippen LogP contribution < -0.4 is 10.1 Å². The van der Waals surface area contributed by atoms with Gasteiger partial charge in [-0.2, -0.15) is 0 Å². The van der Waals surface area contributed by atoms with Gasteiger partial charge in [-0.05, 0) is 26.8 Å². The summed E-state index contributed by atoms with van der Waals surface area (Å²) >= 11 is 0. The highest BCUT2D eigenvalue weighted by atomic mass is 16.5. The van der Waals surface area contributed by atoms with Gasteiger partial charge in [0.15, 0.2) is 5.82 Å². The maximum absolute atomic E-state index is 5.10. The molecule has 0 aliphatic rings. The molecule has 0 fully saturated rings. The molecule has 0 aliphatic heterocycles. The molecule has 0 saturated heterocycles. The highest BCUT2D eigenvalue weighted by Gasteiger charge is 2.12. The lowest BCUT2D eigenvalue weighted by atomic mass is 10.1. The Morgan fingerprint density at radius 1 is 1.29 bits per heavy atom. The first kappa shape index (κ1) is 15.3. The molecule has 0 spiro atoms. The van der Waals surface area contributed by atoms with E-state index in [2.05, 4.69) is 39.1 Å². The minimum absolute atomic E-state index is 0.235. The van der Waals surface area contributed by atoms with Crippen LogP contribution in [0.5, 0.6) is 5.88 Å². The lowest BCUT2D eigenvalue weighted by Crippen LogP contribution is -2.20. The van der Waals surface area contributed by atoms with E-state index < -0.39 is 0 Å². The normalized spacial score (nSPS) is 12.2. The first-order chi connectivity index (χ1) is 10.2. The molecule has 2 heterocycles. The first-order valence-corrected chi connectivity index (χ1v) is 7.09. The summed E-state index contributed by atoms with van der Waals surface area (Å²) in [5.74, 6) is 1.09. The van der Waals surface area contributed by atoms with Crippen LogP contribution in [0.1, 0.15) is 37.6 Å². The SMILES string of the molecule is CCCNC(C)c1cnc(-c2cc(OC)ncn2)nc1C. The monoisotopic (exact) mass is 287 g/mol. The highest BCUT2D eigenvalue weighted by molar-refractivity contribution is 5.50. The van der Waals surface area contributed by atoms with Gasteiger partial charge in [-0.25, -0.2) is 19.9 Å². The van der Waals surface area contributed by atoms with Crippen LogP contribution in [0.3, 0.4) is 0 Å². The minimum atomic E-state index is 0.235. The van der Waals surface area contributed by atoms with Gasteiger partial charge in [-0.15, -0.1) is 0 Å². The molecule has 1 N–H and O–H groups in total. The van der Waals surface area contributed by atoms with E-state index in [-0.39, 0.29) is 6.04 Å². The smallest absolute Gasteiger partial charge is 0.216 e. The van der Waals surface area contributed by atoms with Gasteiger partial charge in [0.1, 0.15) is 12.0 Å². The third-order valence-electron chi connectivity index (χ3n) is 3.26. The molecule has 0 bridgehead atoms. The number of nitrogens with zero attached hydrogens (tertiary/aromatic N) is 4. The fourth-order valence-corrected chi connectivity index (χ4v) is 2.07. The predicted octanol–water partition coefficient (Wildman–Crippen LogP) is 2.31. The Bertz CT molecular complexity index is 602. The number of aryl methyl sites for hydroxylation is 1. The Hall–Kier alpha value is -2.08. The van der Waals surface area contributed by atoms with E-state index in [1.807, 2.05) is 13.1 Å². The van der Waals surface area contributed by atoms with E-state index in [9.17, 15) is 0 Å². The zero-order valence-electron chi connectivity index (χ0n) is 12.9. The number of nitrogens with one attached hydrogen (secondary N) is 1. The molecule has 2 aromatic heterocycles. The van der Waals surface area contributed by atoms with E-state index in [0.717, 1.165) is 24.2 Å². The summed E-state index contributed by atoms with van der Waals surface area (Å²) in [4.78, 5) is 17.1. The summed E-state index contributed by atoms with van der Waals surface area (Å²) in [5.41, 5.74) is 2.72. The molecule has 0 amide bonds. The summed E-state index contributed by atoms with van der Waals surface area (Å²) in [6, 6.07) is 1.96. The van der Waals surface area contributed by atoms with E-state index in [1.165, 1.54) is 6.33 Å². The lowest BCUT2D eigenvalue weighted by Gasteiger charge is -2.15. The number of hydrogen-bond donors (Lipinski definition) is 1. The molecule has 2 aromatic rings. The second-order valence-electron chi connectivity index (χ2n) is 4.86. The fraction of sp³-hybridized carbons (Fsp3) is 0.467. The molecule has 21 heavy (non-hydrogen) atoms. The Balaban J connectivity index is 2.25. The number of ether oxygens (including phenoxy) is 1. The summed E-state index contributed by atoms with van der Waals surface area (Å²) < 4.78 is 5.10. The maximum Gasteiger partial charge on any atom is 0.216 e. The molecule has 112 valence electrons. The van der Waals surface area contributed by atoms with Gasteiger partial charge in [-0.3, -0.25) is 0 Å². The van der Waals surface area contributed by atoms with E-state index in [0.29, 0.717) is 17.4 Å². The Morgan fingerprint density at radius 3 is 2.76 bits per heavy atom. The van der Waals surface area contributed by atoms with Crippen LogP contribution >= 0.6 is 0 Å². The molecule has 0 aliphatic carbocycles. The van der Waals surface area contributed by atoms with Gasteiger partial charge in [0.05, 0.1) is 7.11 Å². The van der Waals surface area contributed by atoms with Crippen LogP contribution in [0.25, 0.3) is 11.5 Å². The van der Waals surface area contributed by atoms with Gasteiger partial charge < -0.3 is 10.1 Å². The van der Waals surface area contributed by atoms with Crippen molar-refractivity contribution in [3.63, 3.8) is 0 Å². The molecule has 0 saturated carbocycles. The van der Waals surface area contributed by atoms with Crippen LogP contribution in [0.4, 0.5) is 0 Å². The van der Waals surface area contributed by atoms with Crippen molar-refractivity contribution in [1.82, 2.24) is 25.3 Å². The number of aromatic nitrogens is 4. The van der Waals surface area contributed by atoms with Crippen LogP contribution in [0.15, 0.2) is 18.6 Å². The predicted molar refractivity (Wildman–Crippen MR) is 81.1 cm³/mol. The van der Waals surface area contributed by atoms with Gasteiger partial charge in [0.25, 0.3) is 0 Å². The average Bonchev–Trinajstić information content (AvgIpc) is 2.52. The summed E-state index contributed by atoms with van der Waals surface area (Å²) in [6.45, 7) is 7.23. The van der Waals surface area contributed by atoms with Crippen molar-refractivity contribution in [2.45, 2.75) is 33.2 Å². The van der Waals surface area contributed by atoms with Gasteiger partial charge in [0, 0.05) is 29.6 Å². The standard InChI is InChI=1S/C15H21N5O/c1-5-6-16-10(2)12-8-17-15(20-11(12)3)13-7-14(21-4)19-9-18-13/h7-10,16H,5-6H2,1-4H3. The number of rotatable bonds is 6. The van der Waals surface area contributed by atoms with Gasteiger partial charge in [-0.1, -0.05) is 6.92 Å². The molecule has 0 aromatic carbocycles. The molecule has 1 atom stereocenters. The van der Waals surface area contributed by atoms with Crippen molar-refractivity contribution in [3.05, 3.63) is 29.8 Å². The average molecular weight is 287 g/mol. The third-order valence-corrected chi connectivity index (χ3v) is 3.26. The van der Waals surface area contributed by atoms with Crippen molar-refractivity contribution in [1.29, 1.82) is 0 Å². The Kier molecular flexibility index (Phi) is 5.16. The number of methoxy groups -OCH3 is 1. The quantitative estimate of drug-likeness (QED) is 0.879. The van der Waals surface area contributed by atoms with Crippen LogP contribution in [0, 0.1) is 6.92 Å². The third kappa shape index (κ3) is 3.72.